The fraction of sp³-hybridized carbons (Fsp3) is 0.538. The highest BCUT2D eigenvalue weighted by atomic mass is 35.5. The maximum atomic E-state index is 12.9. The van der Waals surface area contributed by atoms with Crippen LogP contribution in [0, 0.1) is 23.2 Å². The Morgan fingerprint density at radius 3 is 2.53 bits per heavy atom. The Labute approximate surface area is 207 Å². The Bertz CT molecular complexity index is 1170. The lowest BCUT2D eigenvalue weighted by atomic mass is 9.77. The average molecular weight is 497 g/mol. The Morgan fingerprint density at radius 2 is 1.94 bits per heavy atom. The van der Waals surface area contributed by atoms with Crippen LogP contribution in [0.1, 0.15) is 54.8 Å². The van der Waals surface area contributed by atoms with Crippen molar-refractivity contribution in [2.75, 3.05) is 35.7 Å². The molecule has 2 saturated carbocycles. The molecule has 4 aliphatic rings. The van der Waals surface area contributed by atoms with Crippen molar-refractivity contribution in [3.8, 4) is 6.07 Å². The molecule has 34 heavy (non-hydrogen) atoms. The first kappa shape index (κ1) is 22.3. The molecule has 6 rings (SSSR count). The predicted molar refractivity (Wildman–Crippen MR) is 134 cm³/mol. The molecule has 1 saturated heterocycles. The van der Waals surface area contributed by atoms with Crippen LogP contribution < -0.4 is 10.2 Å². The van der Waals surface area contributed by atoms with Crippen molar-refractivity contribution < 1.29 is 9.32 Å². The third kappa shape index (κ3) is 3.62. The predicted octanol–water partition coefficient (Wildman–Crippen LogP) is 4.23. The number of anilines is 2. The summed E-state index contributed by atoms with van der Waals surface area (Å²) in [5.41, 5.74) is 2.94. The molecule has 2 aromatic rings. The van der Waals surface area contributed by atoms with Crippen LogP contribution in [0.25, 0.3) is 0 Å². The molecule has 0 amide bonds. The smallest absolute Gasteiger partial charge is 0.149 e. The fourth-order valence-corrected chi connectivity index (χ4v) is 7.94. The molecule has 1 aromatic carbocycles. The van der Waals surface area contributed by atoms with E-state index in [0.29, 0.717) is 46.1 Å². The number of nitrogens with one attached hydrogen (secondary N) is 1. The molecule has 6 nitrogen and oxygen atoms in total. The van der Waals surface area contributed by atoms with Gasteiger partial charge in [0.05, 0.1) is 39.2 Å². The summed E-state index contributed by atoms with van der Waals surface area (Å²) in [7, 11) is -1.16. The molecule has 0 radical (unpaired) electrons. The van der Waals surface area contributed by atoms with E-state index in [2.05, 4.69) is 28.4 Å². The molecule has 1 aromatic heterocycles. The molecule has 178 valence electrons. The van der Waals surface area contributed by atoms with Gasteiger partial charge in [-0.1, -0.05) is 23.7 Å². The molecule has 0 spiro atoms. The summed E-state index contributed by atoms with van der Waals surface area (Å²) in [5, 5.41) is 24.5. The number of pyridine rings is 1. The van der Waals surface area contributed by atoms with Gasteiger partial charge in [0.25, 0.3) is 0 Å². The monoisotopic (exact) mass is 496 g/mol. The Hall–Kier alpha value is -2.14. The molecule has 3 unspecified atom stereocenters. The summed E-state index contributed by atoms with van der Waals surface area (Å²) < 4.78 is 12.9. The van der Waals surface area contributed by atoms with E-state index < -0.39 is 16.3 Å². The van der Waals surface area contributed by atoms with Crippen LogP contribution in [-0.4, -0.2) is 45.3 Å². The first-order valence-electron chi connectivity index (χ1n) is 12.2. The summed E-state index contributed by atoms with van der Waals surface area (Å²) in [6.45, 7) is 1.79. The highest BCUT2D eigenvalue weighted by Crippen LogP contribution is 2.49. The number of nitrogens with zero attached hydrogens (tertiary/aromatic N) is 3. The second-order valence-corrected chi connectivity index (χ2v) is 12.4. The first-order valence-corrected chi connectivity index (χ1v) is 13.9. The van der Waals surface area contributed by atoms with Gasteiger partial charge in [-0.3, -0.25) is 4.21 Å². The average Bonchev–Trinajstić information content (AvgIpc) is 3.49. The van der Waals surface area contributed by atoms with Gasteiger partial charge in [0.2, 0.25) is 0 Å². The summed E-state index contributed by atoms with van der Waals surface area (Å²) in [5.74, 6) is 2.98. The van der Waals surface area contributed by atoms with Gasteiger partial charge in [0.15, 0.2) is 0 Å². The molecular weight excluding hydrogens is 468 g/mol. The number of nitriles is 1. The van der Waals surface area contributed by atoms with Crippen LogP contribution in [0.4, 0.5) is 11.5 Å². The van der Waals surface area contributed by atoms with Gasteiger partial charge in [-0.05, 0) is 67.6 Å². The molecule has 2 N–H and O–H groups in total. The number of fused-ring (bicyclic) bond motifs is 2. The quantitative estimate of drug-likeness (QED) is 0.644. The van der Waals surface area contributed by atoms with Gasteiger partial charge >= 0.3 is 0 Å². The van der Waals surface area contributed by atoms with Gasteiger partial charge < -0.3 is 15.3 Å². The molecule has 3 heterocycles. The number of aromatic nitrogens is 1. The summed E-state index contributed by atoms with van der Waals surface area (Å²) >= 11 is 6.08. The van der Waals surface area contributed by atoms with Crippen molar-refractivity contribution in [2.45, 2.75) is 54.9 Å². The summed E-state index contributed by atoms with van der Waals surface area (Å²) in [6.07, 6.45) is 5.70. The summed E-state index contributed by atoms with van der Waals surface area (Å²) in [4.78, 5) is 7.89. The van der Waals surface area contributed by atoms with Crippen molar-refractivity contribution in [3.05, 3.63) is 46.1 Å². The fourth-order valence-electron chi connectivity index (χ4n) is 6.44. The maximum absolute atomic E-state index is 12.9. The number of halogens is 1. The normalized spacial score (nSPS) is 28.8. The lowest BCUT2D eigenvalue weighted by Crippen LogP contribution is -2.48. The zero-order valence-electron chi connectivity index (χ0n) is 19.1. The molecule has 2 aliphatic heterocycles. The zero-order chi connectivity index (χ0) is 23.4. The number of benzene rings is 1. The number of hydrogen-bond acceptors (Lipinski definition) is 6. The second kappa shape index (κ2) is 8.51. The van der Waals surface area contributed by atoms with Gasteiger partial charge in [-0.25, -0.2) is 4.98 Å². The highest BCUT2D eigenvalue weighted by molar-refractivity contribution is 7.85. The van der Waals surface area contributed by atoms with Crippen molar-refractivity contribution in [1.29, 1.82) is 5.26 Å². The van der Waals surface area contributed by atoms with Gasteiger partial charge in [0.1, 0.15) is 17.5 Å². The molecule has 2 aliphatic carbocycles. The van der Waals surface area contributed by atoms with Crippen LogP contribution in [0.15, 0.2) is 29.2 Å². The van der Waals surface area contributed by atoms with Crippen molar-refractivity contribution in [3.63, 3.8) is 0 Å². The van der Waals surface area contributed by atoms with Crippen LogP contribution in [-0.2, 0) is 17.2 Å². The van der Waals surface area contributed by atoms with Crippen LogP contribution in [0.2, 0.25) is 5.02 Å². The van der Waals surface area contributed by atoms with Crippen LogP contribution in [0.3, 0.4) is 0 Å². The largest absolute Gasteiger partial charge is 0.394 e. The number of hydrogen-bond donors (Lipinski definition) is 2. The molecular formula is C26H29ClN4O2S. The van der Waals surface area contributed by atoms with Crippen molar-refractivity contribution in [1.82, 2.24) is 4.98 Å². The highest BCUT2D eigenvalue weighted by Gasteiger charge is 2.44. The van der Waals surface area contributed by atoms with E-state index in [9.17, 15) is 14.6 Å². The number of aliphatic hydroxyl groups is 1. The molecule has 3 fully saturated rings. The minimum atomic E-state index is -1.16. The van der Waals surface area contributed by atoms with Gasteiger partial charge in [-0.2, -0.15) is 5.26 Å². The van der Waals surface area contributed by atoms with Crippen LogP contribution >= 0.6 is 11.6 Å². The minimum absolute atomic E-state index is 0.0108. The topological polar surface area (TPSA) is 89.2 Å². The maximum Gasteiger partial charge on any atom is 0.149 e. The summed E-state index contributed by atoms with van der Waals surface area (Å²) in [6, 6.07) is 10.7. The lowest BCUT2D eigenvalue weighted by molar-refractivity contribution is 0.144. The van der Waals surface area contributed by atoms with E-state index >= 15 is 0 Å². The number of aryl methyl sites for hydroxylation is 1. The Balaban J connectivity index is 1.29. The Kier molecular flexibility index (Phi) is 5.59. The second-order valence-electron chi connectivity index (χ2n) is 10.4. The molecule has 8 heteroatoms. The van der Waals surface area contributed by atoms with E-state index in [1.54, 1.807) is 0 Å². The van der Waals surface area contributed by atoms with Gasteiger partial charge in [0, 0.05) is 30.3 Å². The van der Waals surface area contributed by atoms with E-state index in [4.69, 9.17) is 16.6 Å². The third-order valence-corrected chi connectivity index (χ3v) is 10.2. The molecule has 0 bridgehead atoms. The Morgan fingerprint density at radius 1 is 1.24 bits per heavy atom. The first-order chi connectivity index (χ1) is 16.5. The van der Waals surface area contributed by atoms with Gasteiger partial charge in [-0.15, -0.1) is 0 Å². The van der Waals surface area contributed by atoms with E-state index in [0.717, 1.165) is 61.7 Å². The number of rotatable bonds is 5. The third-order valence-electron chi connectivity index (χ3n) is 8.46. The molecule has 3 atom stereocenters. The van der Waals surface area contributed by atoms with E-state index in [-0.39, 0.29) is 6.61 Å². The van der Waals surface area contributed by atoms with Crippen LogP contribution in [0.5, 0.6) is 0 Å². The van der Waals surface area contributed by atoms with Crippen molar-refractivity contribution in [2.24, 2.45) is 11.8 Å². The lowest BCUT2D eigenvalue weighted by Gasteiger charge is -2.42. The standard InChI is InChI=1S/C26H29ClN4O2S/c27-20-4-2-16(3-5-20)17-10-18-13-31(14-19(18)11-17)25-21(12-28)23(30-26(15-32)7-1-8-26)24-22(29-25)6-9-34(24)33/h2-5,17-19,32H,1,6-11,13-15H2,(H,29,30). The zero-order valence-corrected chi connectivity index (χ0v) is 20.7. The van der Waals surface area contributed by atoms with E-state index in [1.807, 2.05) is 12.1 Å². The number of aliphatic hydroxyl groups excluding tert-OH is 1. The van der Waals surface area contributed by atoms with E-state index in [1.165, 1.54) is 5.56 Å². The van der Waals surface area contributed by atoms with Crippen molar-refractivity contribution >= 4 is 33.9 Å². The SMILES string of the molecule is N#Cc1c(N2CC3CC(c4ccc(Cl)cc4)CC3C2)nc2c(c1NC1(CO)CCC1)S(=O)CC2. The minimum Gasteiger partial charge on any atom is -0.394 e.